The molecule has 26 heavy (non-hydrogen) atoms. The number of Topliss-reactive ketones (excluding diaryl/α,β-unsaturated/α-hetero) is 1. The van der Waals surface area contributed by atoms with Gasteiger partial charge in [-0.3, -0.25) is 4.79 Å². The van der Waals surface area contributed by atoms with Gasteiger partial charge in [0.05, 0.1) is 6.10 Å². The summed E-state index contributed by atoms with van der Waals surface area (Å²) in [6, 6.07) is 0. The third kappa shape index (κ3) is 2.06. The number of aliphatic hydroxyl groups is 1. The summed E-state index contributed by atoms with van der Waals surface area (Å²) in [5.74, 6) is 1.23. The van der Waals surface area contributed by atoms with Crippen molar-refractivity contribution in [3.05, 3.63) is 11.1 Å². The maximum Gasteiger partial charge on any atom is 0.133 e. The van der Waals surface area contributed by atoms with E-state index in [4.69, 9.17) is 0 Å². The second-order valence-corrected chi connectivity index (χ2v) is 11.3. The maximum atomic E-state index is 12.4. The molecule has 4 aliphatic rings. The van der Waals surface area contributed by atoms with Crippen LogP contribution in [0, 0.1) is 33.5 Å². The molecular weight excluding hydrogens is 320 g/mol. The summed E-state index contributed by atoms with van der Waals surface area (Å²) >= 11 is 0. The second kappa shape index (κ2) is 5.46. The van der Waals surface area contributed by atoms with Crippen molar-refractivity contribution in [2.24, 2.45) is 33.5 Å². The molecule has 0 heterocycles. The topological polar surface area (TPSA) is 37.3 Å². The maximum absolute atomic E-state index is 12.4. The Morgan fingerprint density at radius 3 is 2.27 bits per heavy atom. The van der Waals surface area contributed by atoms with Crippen molar-refractivity contribution in [2.45, 2.75) is 99.0 Å². The van der Waals surface area contributed by atoms with Crippen LogP contribution in [0.5, 0.6) is 0 Å². The number of aliphatic hydroxyl groups excluding tert-OH is 1. The highest BCUT2D eigenvalue weighted by Gasteiger charge is 2.63. The van der Waals surface area contributed by atoms with E-state index in [2.05, 4.69) is 34.6 Å². The fourth-order valence-corrected chi connectivity index (χ4v) is 8.32. The first-order chi connectivity index (χ1) is 12.0. The number of hydrogen-bond acceptors (Lipinski definition) is 2. The first-order valence-corrected chi connectivity index (χ1v) is 10.9. The Morgan fingerprint density at radius 1 is 0.923 bits per heavy atom. The smallest absolute Gasteiger partial charge is 0.133 e. The fourth-order valence-electron chi connectivity index (χ4n) is 8.32. The molecule has 2 heteroatoms. The molecule has 0 unspecified atom stereocenters. The SMILES string of the molecule is CC(=O)[C@H]1CC[C@@]2(C)C3=C(CC[C@]12C)[C@@]1(C)CC[C@@H](O)C(C)(C)[C@@H]1CC3. The zero-order valence-corrected chi connectivity index (χ0v) is 17.7. The molecule has 2 nitrogen and oxygen atoms in total. The highest BCUT2D eigenvalue weighted by atomic mass is 16.3. The number of carbonyl (C=O) groups excluding carboxylic acids is 1. The lowest BCUT2D eigenvalue weighted by molar-refractivity contribution is -0.126. The first kappa shape index (κ1) is 18.7. The van der Waals surface area contributed by atoms with Crippen LogP contribution in [0.2, 0.25) is 0 Å². The first-order valence-electron chi connectivity index (χ1n) is 10.9. The zero-order valence-electron chi connectivity index (χ0n) is 17.7. The van der Waals surface area contributed by atoms with Crippen molar-refractivity contribution in [3.63, 3.8) is 0 Å². The van der Waals surface area contributed by atoms with Gasteiger partial charge in [-0.1, -0.05) is 45.8 Å². The summed E-state index contributed by atoms with van der Waals surface area (Å²) < 4.78 is 0. The van der Waals surface area contributed by atoms with E-state index >= 15 is 0 Å². The van der Waals surface area contributed by atoms with E-state index < -0.39 is 0 Å². The Balaban J connectivity index is 1.81. The Hall–Kier alpha value is -0.630. The normalized spacial score (nSPS) is 50.0. The molecule has 4 rings (SSSR count). The minimum atomic E-state index is -0.166. The molecule has 0 aromatic carbocycles. The third-order valence-corrected chi connectivity index (χ3v) is 10.2. The molecule has 2 fully saturated rings. The monoisotopic (exact) mass is 358 g/mol. The van der Waals surface area contributed by atoms with Crippen LogP contribution in [-0.2, 0) is 4.79 Å². The van der Waals surface area contributed by atoms with Crippen molar-refractivity contribution in [1.82, 2.24) is 0 Å². The van der Waals surface area contributed by atoms with E-state index in [1.807, 2.05) is 6.92 Å². The Morgan fingerprint density at radius 2 is 1.62 bits per heavy atom. The number of carbonyl (C=O) groups is 1. The number of ketones is 1. The molecule has 0 aromatic heterocycles. The van der Waals surface area contributed by atoms with Gasteiger partial charge in [0.2, 0.25) is 0 Å². The zero-order chi connectivity index (χ0) is 19.1. The van der Waals surface area contributed by atoms with E-state index in [0.717, 1.165) is 25.7 Å². The summed E-state index contributed by atoms with van der Waals surface area (Å²) in [5, 5.41) is 10.7. The van der Waals surface area contributed by atoms with Crippen molar-refractivity contribution in [1.29, 1.82) is 0 Å². The van der Waals surface area contributed by atoms with Gasteiger partial charge in [0.1, 0.15) is 5.78 Å². The van der Waals surface area contributed by atoms with Gasteiger partial charge in [-0.15, -0.1) is 0 Å². The van der Waals surface area contributed by atoms with Crippen LogP contribution in [-0.4, -0.2) is 17.0 Å². The van der Waals surface area contributed by atoms with Crippen LogP contribution in [0.15, 0.2) is 11.1 Å². The molecule has 0 radical (unpaired) electrons. The minimum Gasteiger partial charge on any atom is -0.393 e. The number of rotatable bonds is 1. The molecule has 4 aliphatic carbocycles. The summed E-state index contributed by atoms with van der Waals surface area (Å²) in [4.78, 5) is 12.4. The van der Waals surface area contributed by atoms with Crippen molar-refractivity contribution < 1.29 is 9.90 Å². The van der Waals surface area contributed by atoms with Gasteiger partial charge in [-0.25, -0.2) is 0 Å². The average Bonchev–Trinajstić information content (AvgIpc) is 2.84. The van der Waals surface area contributed by atoms with Crippen molar-refractivity contribution >= 4 is 5.78 Å². The van der Waals surface area contributed by atoms with Gasteiger partial charge >= 0.3 is 0 Å². The number of hydrogen-bond donors (Lipinski definition) is 1. The highest BCUT2D eigenvalue weighted by molar-refractivity contribution is 5.80. The molecule has 0 amide bonds. The van der Waals surface area contributed by atoms with Crippen LogP contribution < -0.4 is 0 Å². The van der Waals surface area contributed by atoms with Gasteiger partial charge in [-0.05, 0) is 85.9 Å². The van der Waals surface area contributed by atoms with Crippen LogP contribution in [0.25, 0.3) is 0 Å². The van der Waals surface area contributed by atoms with E-state index in [1.165, 1.54) is 25.7 Å². The predicted octanol–water partition coefficient (Wildman–Crippen LogP) is 5.69. The molecule has 0 saturated heterocycles. The third-order valence-electron chi connectivity index (χ3n) is 10.2. The summed E-state index contributed by atoms with van der Waals surface area (Å²) in [6.45, 7) is 13.8. The van der Waals surface area contributed by atoms with Gasteiger partial charge < -0.3 is 5.11 Å². The average molecular weight is 359 g/mol. The lowest BCUT2D eigenvalue weighted by Gasteiger charge is -2.61. The molecule has 0 aliphatic heterocycles. The Kier molecular flexibility index (Phi) is 3.93. The Bertz CT molecular complexity index is 674. The molecule has 0 spiro atoms. The molecular formula is C24H38O2. The van der Waals surface area contributed by atoms with Crippen molar-refractivity contribution in [3.8, 4) is 0 Å². The van der Waals surface area contributed by atoms with Crippen LogP contribution in [0.4, 0.5) is 0 Å². The van der Waals surface area contributed by atoms with Gasteiger partial charge in [-0.2, -0.15) is 0 Å². The van der Waals surface area contributed by atoms with Crippen LogP contribution >= 0.6 is 0 Å². The molecule has 0 aromatic rings. The lowest BCUT2D eigenvalue weighted by atomic mass is 9.43. The van der Waals surface area contributed by atoms with Gasteiger partial charge in [0, 0.05) is 5.92 Å². The molecule has 146 valence electrons. The lowest BCUT2D eigenvalue weighted by Crippen LogP contribution is -2.55. The van der Waals surface area contributed by atoms with E-state index in [-0.39, 0.29) is 33.7 Å². The van der Waals surface area contributed by atoms with Crippen molar-refractivity contribution in [2.75, 3.05) is 0 Å². The standard InChI is InChI=1S/C24H38O2/c1-15(25)16-9-13-24(6)18-7-8-19-21(2,3)20(26)11-12-22(19,4)17(18)10-14-23(16,24)5/h16,19-20,26H,7-14H2,1-6H3/t16-,19+,20-,22-,23-,24+/m1/s1. The van der Waals surface area contributed by atoms with Gasteiger partial charge in [0.15, 0.2) is 0 Å². The van der Waals surface area contributed by atoms with Crippen LogP contribution in [0.1, 0.15) is 92.9 Å². The second-order valence-electron chi connectivity index (χ2n) is 11.3. The molecule has 6 atom stereocenters. The van der Waals surface area contributed by atoms with E-state index in [9.17, 15) is 9.90 Å². The molecule has 1 N–H and O–H groups in total. The number of allylic oxidation sites excluding steroid dienone is 2. The summed E-state index contributed by atoms with van der Waals surface area (Å²) in [5.41, 5.74) is 4.05. The van der Waals surface area contributed by atoms with E-state index in [0.29, 0.717) is 11.7 Å². The largest absolute Gasteiger partial charge is 0.393 e. The van der Waals surface area contributed by atoms with E-state index in [1.54, 1.807) is 11.1 Å². The highest BCUT2D eigenvalue weighted by Crippen LogP contribution is 2.71. The Labute approximate surface area is 159 Å². The predicted molar refractivity (Wildman–Crippen MR) is 106 cm³/mol. The fraction of sp³-hybridized carbons (Fsp3) is 0.875. The molecule has 2 saturated carbocycles. The molecule has 0 bridgehead atoms. The minimum absolute atomic E-state index is 0.00474. The summed E-state index contributed by atoms with van der Waals surface area (Å²) in [7, 11) is 0. The van der Waals surface area contributed by atoms with Crippen LogP contribution in [0.3, 0.4) is 0 Å². The quantitative estimate of drug-likeness (QED) is 0.612. The summed E-state index contributed by atoms with van der Waals surface area (Å²) in [6.07, 6.45) is 8.87. The number of fused-ring (bicyclic) bond motifs is 4. The van der Waals surface area contributed by atoms with Gasteiger partial charge in [0.25, 0.3) is 0 Å².